The SMILES string of the molecule is C[C@@H](N)c1ccc(Sc2ccc([N+](=O)[O-])cc2)cn1. The van der Waals surface area contributed by atoms with Gasteiger partial charge in [-0.25, -0.2) is 0 Å². The molecule has 0 fully saturated rings. The zero-order valence-electron chi connectivity index (χ0n) is 10.3. The first kappa shape index (κ1) is 13.5. The summed E-state index contributed by atoms with van der Waals surface area (Å²) in [6.45, 7) is 1.88. The van der Waals surface area contributed by atoms with Gasteiger partial charge < -0.3 is 5.73 Å². The topological polar surface area (TPSA) is 82.0 Å². The number of hydrogen-bond donors (Lipinski definition) is 1. The minimum absolute atomic E-state index is 0.0848. The summed E-state index contributed by atoms with van der Waals surface area (Å²) < 4.78 is 0. The first-order valence-electron chi connectivity index (χ1n) is 5.70. The van der Waals surface area contributed by atoms with Gasteiger partial charge in [0.25, 0.3) is 5.69 Å². The highest BCUT2D eigenvalue weighted by atomic mass is 32.2. The second-order valence-corrected chi connectivity index (χ2v) is 5.21. The molecule has 0 bridgehead atoms. The molecular formula is C13H13N3O2S. The Bertz CT molecular complexity index is 567. The van der Waals surface area contributed by atoms with Crippen LogP contribution in [0.3, 0.4) is 0 Å². The Morgan fingerprint density at radius 1 is 1.21 bits per heavy atom. The van der Waals surface area contributed by atoms with Crippen LogP contribution in [0, 0.1) is 10.1 Å². The van der Waals surface area contributed by atoms with Crippen LogP contribution in [0.5, 0.6) is 0 Å². The molecule has 1 heterocycles. The summed E-state index contributed by atoms with van der Waals surface area (Å²) >= 11 is 1.50. The predicted octanol–water partition coefficient (Wildman–Crippen LogP) is 3.16. The van der Waals surface area contributed by atoms with Crippen LogP contribution in [0.2, 0.25) is 0 Å². The number of nitro benzene ring substituents is 1. The molecule has 0 unspecified atom stereocenters. The van der Waals surface area contributed by atoms with Gasteiger partial charge in [-0.15, -0.1) is 0 Å². The van der Waals surface area contributed by atoms with E-state index in [1.807, 2.05) is 19.1 Å². The van der Waals surface area contributed by atoms with Gasteiger partial charge in [-0.2, -0.15) is 0 Å². The fourth-order valence-corrected chi connectivity index (χ4v) is 2.28. The van der Waals surface area contributed by atoms with E-state index in [9.17, 15) is 10.1 Å². The summed E-state index contributed by atoms with van der Waals surface area (Å²) in [6.07, 6.45) is 1.75. The number of nitrogens with two attached hydrogens (primary N) is 1. The molecule has 0 saturated heterocycles. The molecular weight excluding hydrogens is 262 g/mol. The van der Waals surface area contributed by atoms with E-state index in [-0.39, 0.29) is 11.7 Å². The van der Waals surface area contributed by atoms with E-state index in [2.05, 4.69) is 4.98 Å². The van der Waals surface area contributed by atoms with Crippen LogP contribution >= 0.6 is 11.8 Å². The largest absolute Gasteiger partial charge is 0.323 e. The summed E-state index contributed by atoms with van der Waals surface area (Å²) in [5.41, 5.74) is 6.66. The lowest BCUT2D eigenvalue weighted by molar-refractivity contribution is -0.384. The van der Waals surface area contributed by atoms with Crippen molar-refractivity contribution in [2.45, 2.75) is 22.8 Å². The lowest BCUT2D eigenvalue weighted by Gasteiger charge is -2.05. The van der Waals surface area contributed by atoms with Crippen molar-refractivity contribution in [3.8, 4) is 0 Å². The first-order valence-corrected chi connectivity index (χ1v) is 6.52. The van der Waals surface area contributed by atoms with Crippen molar-refractivity contribution < 1.29 is 4.92 Å². The molecule has 0 spiro atoms. The van der Waals surface area contributed by atoms with Crippen LogP contribution in [0.25, 0.3) is 0 Å². The molecule has 0 aliphatic rings. The van der Waals surface area contributed by atoms with Crippen molar-refractivity contribution in [2.75, 3.05) is 0 Å². The second-order valence-electron chi connectivity index (χ2n) is 4.06. The van der Waals surface area contributed by atoms with Gasteiger partial charge in [0.1, 0.15) is 0 Å². The number of rotatable bonds is 4. The van der Waals surface area contributed by atoms with Crippen molar-refractivity contribution in [3.05, 3.63) is 58.4 Å². The number of benzene rings is 1. The van der Waals surface area contributed by atoms with E-state index in [0.29, 0.717) is 0 Å². The van der Waals surface area contributed by atoms with E-state index in [0.717, 1.165) is 15.5 Å². The molecule has 1 aromatic carbocycles. The summed E-state index contributed by atoms with van der Waals surface area (Å²) in [5, 5.41) is 10.5. The molecule has 2 N–H and O–H groups in total. The number of non-ortho nitro benzene ring substituents is 1. The number of aromatic nitrogens is 1. The molecule has 2 aromatic rings. The Balaban J connectivity index is 2.10. The fourth-order valence-electron chi connectivity index (χ4n) is 1.49. The summed E-state index contributed by atoms with van der Waals surface area (Å²) in [4.78, 5) is 16.3. The van der Waals surface area contributed by atoms with Crippen molar-refractivity contribution in [2.24, 2.45) is 5.73 Å². The molecule has 0 amide bonds. The highest BCUT2D eigenvalue weighted by molar-refractivity contribution is 7.99. The second kappa shape index (κ2) is 5.81. The van der Waals surface area contributed by atoms with Crippen LogP contribution in [0.15, 0.2) is 52.4 Å². The molecule has 1 atom stereocenters. The fraction of sp³-hybridized carbons (Fsp3) is 0.154. The predicted molar refractivity (Wildman–Crippen MR) is 74.1 cm³/mol. The number of pyridine rings is 1. The monoisotopic (exact) mass is 275 g/mol. The highest BCUT2D eigenvalue weighted by Gasteiger charge is 2.06. The molecule has 19 heavy (non-hydrogen) atoms. The molecule has 98 valence electrons. The molecule has 6 heteroatoms. The minimum atomic E-state index is -0.409. The summed E-state index contributed by atoms with van der Waals surface area (Å²) in [5.74, 6) is 0. The smallest absolute Gasteiger partial charge is 0.269 e. The van der Waals surface area contributed by atoms with Crippen LogP contribution < -0.4 is 5.73 Å². The third-order valence-corrected chi connectivity index (χ3v) is 3.49. The average Bonchev–Trinajstić information content (AvgIpc) is 2.40. The maximum atomic E-state index is 10.5. The van der Waals surface area contributed by atoms with Gasteiger partial charge in [-0.1, -0.05) is 11.8 Å². The van der Waals surface area contributed by atoms with Gasteiger partial charge in [0.05, 0.1) is 10.6 Å². The number of hydrogen-bond acceptors (Lipinski definition) is 5. The Hall–Kier alpha value is -1.92. The standard InChI is InChI=1S/C13H13N3O2S/c1-9(14)13-7-6-12(8-15-13)19-11-4-2-10(3-5-11)16(17)18/h2-9H,14H2,1H3/t9-/m1/s1. The third-order valence-electron chi connectivity index (χ3n) is 2.51. The lowest BCUT2D eigenvalue weighted by Crippen LogP contribution is -2.06. The zero-order valence-corrected chi connectivity index (χ0v) is 11.1. The Morgan fingerprint density at radius 2 is 1.84 bits per heavy atom. The lowest BCUT2D eigenvalue weighted by atomic mass is 10.2. The minimum Gasteiger partial charge on any atom is -0.323 e. The highest BCUT2D eigenvalue weighted by Crippen LogP contribution is 2.28. The first-order chi connectivity index (χ1) is 9.06. The Morgan fingerprint density at radius 3 is 2.32 bits per heavy atom. The molecule has 1 aromatic heterocycles. The van der Waals surface area contributed by atoms with Crippen LogP contribution in [-0.2, 0) is 0 Å². The maximum absolute atomic E-state index is 10.5. The van der Waals surface area contributed by atoms with Crippen LogP contribution in [-0.4, -0.2) is 9.91 Å². The van der Waals surface area contributed by atoms with E-state index >= 15 is 0 Å². The molecule has 0 aliphatic heterocycles. The van der Waals surface area contributed by atoms with E-state index in [1.54, 1.807) is 18.3 Å². The van der Waals surface area contributed by atoms with Gasteiger partial charge in [-0.05, 0) is 31.2 Å². The van der Waals surface area contributed by atoms with Gasteiger partial charge in [0, 0.05) is 34.2 Å². The zero-order chi connectivity index (χ0) is 13.8. The van der Waals surface area contributed by atoms with Gasteiger partial charge in [-0.3, -0.25) is 15.1 Å². The van der Waals surface area contributed by atoms with Crippen molar-refractivity contribution in [3.63, 3.8) is 0 Å². The van der Waals surface area contributed by atoms with Crippen LogP contribution in [0.4, 0.5) is 5.69 Å². The Labute approximate surface area is 115 Å². The van der Waals surface area contributed by atoms with Gasteiger partial charge in [0.2, 0.25) is 0 Å². The van der Waals surface area contributed by atoms with E-state index in [1.165, 1.54) is 23.9 Å². The van der Waals surface area contributed by atoms with Crippen molar-refractivity contribution in [1.82, 2.24) is 4.98 Å². The average molecular weight is 275 g/mol. The molecule has 0 saturated carbocycles. The van der Waals surface area contributed by atoms with Crippen molar-refractivity contribution >= 4 is 17.4 Å². The Kier molecular flexibility index (Phi) is 4.13. The van der Waals surface area contributed by atoms with Crippen LogP contribution in [0.1, 0.15) is 18.7 Å². The molecule has 5 nitrogen and oxygen atoms in total. The number of nitrogens with zero attached hydrogens (tertiary/aromatic N) is 2. The van der Waals surface area contributed by atoms with Gasteiger partial charge in [0.15, 0.2) is 0 Å². The van der Waals surface area contributed by atoms with Crippen molar-refractivity contribution in [1.29, 1.82) is 0 Å². The third kappa shape index (κ3) is 3.52. The van der Waals surface area contributed by atoms with E-state index in [4.69, 9.17) is 5.73 Å². The summed E-state index contributed by atoms with van der Waals surface area (Å²) in [7, 11) is 0. The number of nitro groups is 1. The van der Waals surface area contributed by atoms with E-state index < -0.39 is 4.92 Å². The summed E-state index contributed by atoms with van der Waals surface area (Å²) in [6, 6.07) is 10.2. The molecule has 0 radical (unpaired) electrons. The van der Waals surface area contributed by atoms with Gasteiger partial charge >= 0.3 is 0 Å². The molecule has 0 aliphatic carbocycles. The quantitative estimate of drug-likeness (QED) is 0.684. The normalized spacial score (nSPS) is 12.1. The maximum Gasteiger partial charge on any atom is 0.269 e. The molecule has 2 rings (SSSR count).